The van der Waals surface area contributed by atoms with Gasteiger partial charge in [-0.2, -0.15) is 11.3 Å². The second-order valence-corrected chi connectivity index (χ2v) is 5.79. The maximum absolute atomic E-state index is 11.7. The summed E-state index contributed by atoms with van der Waals surface area (Å²) in [6.45, 7) is 0.266. The van der Waals surface area contributed by atoms with Gasteiger partial charge in [0.1, 0.15) is 0 Å². The van der Waals surface area contributed by atoms with Crippen molar-refractivity contribution in [3.05, 3.63) is 50.6 Å². The van der Waals surface area contributed by atoms with E-state index in [1.165, 1.54) is 11.3 Å². The number of carbonyl (C=O) groups is 2. The molecule has 2 amide bonds. The van der Waals surface area contributed by atoms with Crippen LogP contribution in [0.1, 0.15) is 16.8 Å². The Labute approximate surface area is 136 Å². The third kappa shape index (κ3) is 4.74. The van der Waals surface area contributed by atoms with Gasteiger partial charge in [0.15, 0.2) is 0 Å². The van der Waals surface area contributed by atoms with Crippen LogP contribution in [-0.4, -0.2) is 18.4 Å². The van der Waals surface area contributed by atoms with Gasteiger partial charge in [0, 0.05) is 29.6 Å². The first-order chi connectivity index (χ1) is 10.1. The number of hydrogen-bond donors (Lipinski definition) is 2. The van der Waals surface area contributed by atoms with E-state index < -0.39 is 0 Å². The Balaban J connectivity index is 1.77. The molecule has 110 valence electrons. The number of carbonyl (C=O) groups excluding carboxylic acids is 2. The molecule has 0 unspecified atom stereocenters. The van der Waals surface area contributed by atoms with Crippen molar-refractivity contribution in [1.29, 1.82) is 0 Å². The quantitative estimate of drug-likeness (QED) is 0.867. The summed E-state index contributed by atoms with van der Waals surface area (Å²) in [5, 5.41) is 9.75. The highest BCUT2D eigenvalue weighted by molar-refractivity contribution is 7.08. The van der Waals surface area contributed by atoms with Crippen molar-refractivity contribution in [3.63, 3.8) is 0 Å². The maximum Gasteiger partial charge on any atom is 0.252 e. The molecule has 0 saturated heterocycles. The van der Waals surface area contributed by atoms with Gasteiger partial charge in [-0.15, -0.1) is 0 Å². The minimum Gasteiger partial charge on any atom is -0.351 e. The number of halogens is 2. The molecule has 2 aromatic rings. The molecule has 21 heavy (non-hydrogen) atoms. The molecule has 0 atom stereocenters. The third-order valence-corrected chi connectivity index (χ3v) is 4.05. The van der Waals surface area contributed by atoms with Crippen LogP contribution in [0.25, 0.3) is 0 Å². The molecule has 0 bridgehead atoms. The zero-order valence-corrected chi connectivity index (χ0v) is 13.2. The van der Waals surface area contributed by atoms with E-state index in [0.29, 0.717) is 21.3 Å². The topological polar surface area (TPSA) is 58.2 Å². The Morgan fingerprint density at radius 1 is 1.14 bits per heavy atom. The standard InChI is InChI=1S/C14H12Cl2N2O2S/c15-11-2-1-10(7-12(11)16)18-13(19)3-5-17-14(20)9-4-6-21-8-9/h1-2,4,6-8H,3,5H2,(H,17,20)(H,18,19). The van der Waals surface area contributed by atoms with E-state index in [-0.39, 0.29) is 24.8 Å². The molecular weight excluding hydrogens is 331 g/mol. The first kappa shape index (κ1) is 15.8. The number of rotatable bonds is 5. The lowest BCUT2D eigenvalue weighted by Crippen LogP contribution is -2.27. The molecule has 1 aromatic heterocycles. The molecule has 4 nitrogen and oxygen atoms in total. The van der Waals surface area contributed by atoms with E-state index in [2.05, 4.69) is 10.6 Å². The van der Waals surface area contributed by atoms with Crippen LogP contribution in [0.5, 0.6) is 0 Å². The molecule has 7 heteroatoms. The molecule has 1 aromatic carbocycles. The Kier molecular flexibility index (Phi) is 5.61. The molecule has 0 spiro atoms. The molecule has 2 rings (SSSR count). The van der Waals surface area contributed by atoms with Gasteiger partial charge in [-0.3, -0.25) is 9.59 Å². The molecule has 0 fully saturated rings. The lowest BCUT2D eigenvalue weighted by Gasteiger charge is -2.07. The van der Waals surface area contributed by atoms with Gasteiger partial charge in [0.25, 0.3) is 5.91 Å². The highest BCUT2D eigenvalue weighted by Gasteiger charge is 2.07. The Morgan fingerprint density at radius 3 is 2.62 bits per heavy atom. The number of thiophene rings is 1. The summed E-state index contributed by atoms with van der Waals surface area (Å²) in [6.07, 6.45) is 0.177. The highest BCUT2D eigenvalue weighted by atomic mass is 35.5. The minimum absolute atomic E-state index is 0.177. The summed E-state index contributed by atoms with van der Waals surface area (Å²) in [5.41, 5.74) is 1.17. The van der Waals surface area contributed by atoms with E-state index in [4.69, 9.17) is 23.2 Å². The molecule has 2 N–H and O–H groups in total. The van der Waals surface area contributed by atoms with Gasteiger partial charge in [-0.05, 0) is 29.6 Å². The Hall–Kier alpha value is -1.56. The van der Waals surface area contributed by atoms with Crippen LogP contribution in [0, 0.1) is 0 Å². The highest BCUT2D eigenvalue weighted by Crippen LogP contribution is 2.24. The van der Waals surface area contributed by atoms with Crippen LogP contribution in [0.2, 0.25) is 10.0 Å². The lowest BCUT2D eigenvalue weighted by molar-refractivity contribution is -0.116. The number of anilines is 1. The largest absolute Gasteiger partial charge is 0.351 e. The summed E-state index contributed by atoms with van der Waals surface area (Å²) in [7, 11) is 0. The van der Waals surface area contributed by atoms with E-state index in [1.807, 2.05) is 5.38 Å². The molecule has 0 aliphatic rings. The van der Waals surface area contributed by atoms with E-state index in [1.54, 1.807) is 29.6 Å². The number of nitrogens with one attached hydrogen (secondary N) is 2. The molecular formula is C14H12Cl2N2O2S. The fraction of sp³-hybridized carbons (Fsp3) is 0.143. The summed E-state index contributed by atoms with van der Waals surface area (Å²) in [5.74, 6) is -0.391. The zero-order valence-electron chi connectivity index (χ0n) is 10.9. The van der Waals surface area contributed by atoms with Crippen LogP contribution in [0.15, 0.2) is 35.0 Å². The molecule has 0 aliphatic heterocycles. The average molecular weight is 343 g/mol. The lowest BCUT2D eigenvalue weighted by atomic mass is 10.3. The van der Waals surface area contributed by atoms with Gasteiger partial charge in [0.2, 0.25) is 5.91 Å². The van der Waals surface area contributed by atoms with Crippen molar-refractivity contribution in [2.24, 2.45) is 0 Å². The maximum atomic E-state index is 11.7. The first-order valence-corrected chi connectivity index (χ1v) is 7.81. The van der Waals surface area contributed by atoms with Crippen molar-refractivity contribution in [2.45, 2.75) is 6.42 Å². The van der Waals surface area contributed by atoms with Gasteiger partial charge in [-0.1, -0.05) is 23.2 Å². The molecule has 1 heterocycles. The van der Waals surface area contributed by atoms with Crippen molar-refractivity contribution >= 4 is 52.0 Å². The Morgan fingerprint density at radius 2 is 1.95 bits per heavy atom. The summed E-state index contributed by atoms with van der Waals surface area (Å²) < 4.78 is 0. The fourth-order valence-corrected chi connectivity index (χ4v) is 2.52. The monoisotopic (exact) mass is 342 g/mol. The van der Waals surface area contributed by atoms with Crippen molar-refractivity contribution in [2.75, 3.05) is 11.9 Å². The minimum atomic E-state index is -0.209. The van der Waals surface area contributed by atoms with Crippen molar-refractivity contribution in [3.8, 4) is 0 Å². The number of amides is 2. The van der Waals surface area contributed by atoms with Gasteiger partial charge >= 0.3 is 0 Å². The predicted molar refractivity (Wildman–Crippen MR) is 86.4 cm³/mol. The first-order valence-electron chi connectivity index (χ1n) is 6.11. The van der Waals surface area contributed by atoms with Crippen LogP contribution >= 0.6 is 34.5 Å². The fourth-order valence-electron chi connectivity index (χ4n) is 1.58. The molecule has 0 radical (unpaired) electrons. The summed E-state index contributed by atoms with van der Waals surface area (Å²) in [6, 6.07) is 6.58. The van der Waals surface area contributed by atoms with Crippen LogP contribution in [0.4, 0.5) is 5.69 Å². The number of hydrogen-bond acceptors (Lipinski definition) is 3. The summed E-state index contributed by atoms with van der Waals surface area (Å²) >= 11 is 13.1. The van der Waals surface area contributed by atoms with Gasteiger partial charge in [0.05, 0.1) is 10.0 Å². The zero-order chi connectivity index (χ0) is 15.2. The molecule has 0 saturated carbocycles. The van der Waals surface area contributed by atoms with Crippen LogP contribution < -0.4 is 10.6 Å². The second kappa shape index (κ2) is 7.45. The second-order valence-electron chi connectivity index (χ2n) is 4.19. The summed E-state index contributed by atoms with van der Waals surface area (Å²) in [4.78, 5) is 23.4. The smallest absolute Gasteiger partial charge is 0.252 e. The van der Waals surface area contributed by atoms with Crippen molar-refractivity contribution < 1.29 is 9.59 Å². The molecule has 0 aliphatic carbocycles. The van der Waals surface area contributed by atoms with Crippen LogP contribution in [0.3, 0.4) is 0 Å². The van der Waals surface area contributed by atoms with E-state index >= 15 is 0 Å². The van der Waals surface area contributed by atoms with E-state index in [0.717, 1.165) is 0 Å². The van der Waals surface area contributed by atoms with Crippen LogP contribution in [-0.2, 0) is 4.79 Å². The normalized spacial score (nSPS) is 10.2. The van der Waals surface area contributed by atoms with Gasteiger partial charge < -0.3 is 10.6 Å². The average Bonchev–Trinajstić information content (AvgIpc) is 2.97. The van der Waals surface area contributed by atoms with E-state index in [9.17, 15) is 9.59 Å². The SMILES string of the molecule is O=C(CCNC(=O)c1ccsc1)Nc1ccc(Cl)c(Cl)c1. The Bertz CT molecular complexity index is 644. The predicted octanol–water partition coefficient (Wildman–Crippen LogP) is 3.81. The van der Waals surface area contributed by atoms with Crippen molar-refractivity contribution in [1.82, 2.24) is 5.32 Å². The third-order valence-electron chi connectivity index (χ3n) is 2.62. The number of benzene rings is 1. The van der Waals surface area contributed by atoms with Gasteiger partial charge in [-0.25, -0.2) is 0 Å².